The predicted octanol–water partition coefficient (Wildman–Crippen LogP) is 1.92. The maximum Gasteiger partial charge on any atom is 0.274 e. The summed E-state index contributed by atoms with van der Waals surface area (Å²) in [5, 5.41) is 10.5. The van der Waals surface area contributed by atoms with E-state index in [-0.39, 0.29) is 11.3 Å². The fourth-order valence-electron chi connectivity index (χ4n) is 1.09. The maximum atomic E-state index is 12.8. The van der Waals surface area contributed by atoms with Gasteiger partial charge in [0.15, 0.2) is 0 Å². The molecule has 0 aliphatic heterocycles. The van der Waals surface area contributed by atoms with Crippen LogP contribution in [0.25, 0.3) is 0 Å². The molecule has 0 saturated carbocycles. The Morgan fingerprint density at radius 2 is 2.29 bits per heavy atom. The number of halogens is 1. The van der Waals surface area contributed by atoms with Crippen LogP contribution in [0.4, 0.5) is 10.1 Å². The smallest absolute Gasteiger partial charge is 0.274 e. The number of nitro groups is 1. The van der Waals surface area contributed by atoms with Gasteiger partial charge in [-0.1, -0.05) is 6.08 Å². The Labute approximate surface area is 80.0 Å². The molecule has 0 radical (unpaired) electrons. The molecule has 74 valence electrons. The highest BCUT2D eigenvalue weighted by molar-refractivity contribution is 5.43. The number of nitrogens with zero attached hydrogens (tertiary/aromatic N) is 1. The van der Waals surface area contributed by atoms with Crippen LogP contribution in [0.2, 0.25) is 0 Å². The third-order valence-corrected chi connectivity index (χ3v) is 1.80. The molecular weight excluding hydrogens is 187 g/mol. The van der Waals surface area contributed by atoms with Gasteiger partial charge in [0, 0.05) is 6.07 Å². The first kappa shape index (κ1) is 10.3. The number of hydrogen-bond acceptors (Lipinski definition) is 3. The zero-order chi connectivity index (χ0) is 10.7. The Morgan fingerprint density at radius 3 is 2.79 bits per heavy atom. The standard InChI is InChI=1S/C9H9FN2O2/c1-2-8(11)7-5-6(10)3-4-9(7)12(13)14/h2-5,8H,1,11H2/t8-/m1/s1. The molecule has 0 fully saturated rings. The summed E-state index contributed by atoms with van der Waals surface area (Å²) in [7, 11) is 0. The minimum atomic E-state index is -0.730. The molecule has 5 heteroatoms. The zero-order valence-corrected chi connectivity index (χ0v) is 7.31. The monoisotopic (exact) mass is 196 g/mol. The molecule has 1 aromatic carbocycles. The summed E-state index contributed by atoms with van der Waals surface area (Å²) in [5.74, 6) is -0.553. The van der Waals surface area contributed by atoms with Crippen molar-refractivity contribution >= 4 is 5.69 Å². The van der Waals surface area contributed by atoms with Crippen molar-refractivity contribution in [2.24, 2.45) is 5.73 Å². The summed E-state index contributed by atoms with van der Waals surface area (Å²) in [6.07, 6.45) is 1.32. The van der Waals surface area contributed by atoms with E-state index in [1.165, 1.54) is 6.08 Å². The molecule has 0 aromatic heterocycles. The van der Waals surface area contributed by atoms with Crippen LogP contribution in [0.15, 0.2) is 30.9 Å². The van der Waals surface area contributed by atoms with E-state index in [1.54, 1.807) is 0 Å². The molecule has 0 heterocycles. The molecule has 4 nitrogen and oxygen atoms in total. The number of nitrogens with two attached hydrogens (primary N) is 1. The van der Waals surface area contributed by atoms with Crippen LogP contribution >= 0.6 is 0 Å². The number of hydrogen-bond donors (Lipinski definition) is 1. The second-order valence-corrected chi connectivity index (χ2v) is 2.72. The van der Waals surface area contributed by atoms with Crippen LogP contribution in [0.1, 0.15) is 11.6 Å². The minimum Gasteiger partial charge on any atom is -0.321 e. The molecule has 0 saturated heterocycles. The van der Waals surface area contributed by atoms with Gasteiger partial charge in [0.2, 0.25) is 0 Å². The summed E-state index contributed by atoms with van der Waals surface area (Å²) in [5.41, 5.74) is 5.45. The van der Waals surface area contributed by atoms with Crippen LogP contribution in [-0.4, -0.2) is 4.92 Å². The topological polar surface area (TPSA) is 69.2 Å². The first-order valence-corrected chi connectivity index (χ1v) is 3.88. The molecule has 0 amide bonds. The van der Waals surface area contributed by atoms with Gasteiger partial charge in [0.05, 0.1) is 16.5 Å². The Balaban J connectivity index is 3.29. The third-order valence-electron chi connectivity index (χ3n) is 1.80. The summed E-state index contributed by atoms with van der Waals surface area (Å²) in [6, 6.07) is 2.43. The second kappa shape index (κ2) is 3.97. The second-order valence-electron chi connectivity index (χ2n) is 2.72. The van der Waals surface area contributed by atoms with E-state index in [4.69, 9.17) is 5.73 Å². The van der Waals surface area contributed by atoms with E-state index in [1.807, 2.05) is 0 Å². The van der Waals surface area contributed by atoms with Crippen LogP contribution in [0, 0.1) is 15.9 Å². The Morgan fingerprint density at radius 1 is 1.64 bits per heavy atom. The molecule has 2 N–H and O–H groups in total. The Kier molecular flexibility index (Phi) is 2.93. The van der Waals surface area contributed by atoms with Crippen molar-refractivity contribution in [3.05, 3.63) is 52.3 Å². The quantitative estimate of drug-likeness (QED) is 0.456. The van der Waals surface area contributed by atoms with Crippen LogP contribution < -0.4 is 5.73 Å². The van der Waals surface area contributed by atoms with Gasteiger partial charge in [-0.25, -0.2) is 4.39 Å². The van der Waals surface area contributed by atoms with Crippen molar-refractivity contribution in [1.29, 1.82) is 0 Å². The lowest BCUT2D eigenvalue weighted by Crippen LogP contribution is -2.09. The molecule has 1 rings (SSSR count). The molecule has 0 aliphatic carbocycles. The van der Waals surface area contributed by atoms with Crippen molar-refractivity contribution in [3.63, 3.8) is 0 Å². The summed E-state index contributed by atoms with van der Waals surface area (Å²) in [6.45, 7) is 3.40. The average Bonchev–Trinajstić information content (AvgIpc) is 2.16. The lowest BCUT2D eigenvalue weighted by atomic mass is 10.1. The van der Waals surface area contributed by atoms with Crippen molar-refractivity contribution in [1.82, 2.24) is 0 Å². The lowest BCUT2D eigenvalue weighted by Gasteiger charge is -2.06. The van der Waals surface area contributed by atoms with Crippen molar-refractivity contribution in [2.45, 2.75) is 6.04 Å². The van der Waals surface area contributed by atoms with Gasteiger partial charge in [-0.2, -0.15) is 0 Å². The fraction of sp³-hybridized carbons (Fsp3) is 0.111. The average molecular weight is 196 g/mol. The van der Waals surface area contributed by atoms with Gasteiger partial charge in [-0.15, -0.1) is 6.58 Å². The Hall–Kier alpha value is -1.75. The number of nitro benzene ring substituents is 1. The number of benzene rings is 1. The van der Waals surface area contributed by atoms with E-state index >= 15 is 0 Å². The molecule has 0 aliphatic rings. The van der Waals surface area contributed by atoms with Crippen molar-refractivity contribution in [3.8, 4) is 0 Å². The van der Waals surface area contributed by atoms with E-state index < -0.39 is 16.8 Å². The van der Waals surface area contributed by atoms with Crippen LogP contribution in [0.3, 0.4) is 0 Å². The fourth-order valence-corrected chi connectivity index (χ4v) is 1.09. The molecule has 0 unspecified atom stereocenters. The van der Waals surface area contributed by atoms with E-state index in [9.17, 15) is 14.5 Å². The third kappa shape index (κ3) is 1.94. The van der Waals surface area contributed by atoms with Crippen molar-refractivity contribution < 1.29 is 9.31 Å². The highest BCUT2D eigenvalue weighted by atomic mass is 19.1. The van der Waals surface area contributed by atoms with Gasteiger partial charge in [0.1, 0.15) is 5.82 Å². The normalized spacial score (nSPS) is 12.1. The van der Waals surface area contributed by atoms with Gasteiger partial charge in [0.25, 0.3) is 5.69 Å². The van der Waals surface area contributed by atoms with Crippen LogP contribution in [-0.2, 0) is 0 Å². The largest absolute Gasteiger partial charge is 0.321 e. The van der Waals surface area contributed by atoms with Gasteiger partial charge in [-0.05, 0) is 12.1 Å². The molecule has 0 bridgehead atoms. The van der Waals surface area contributed by atoms with E-state index in [2.05, 4.69) is 6.58 Å². The number of rotatable bonds is 3. The highest BCUT2D eigenvalue weighted by Gasteiger charge is 2.17. The first-order chi connectivity index (χ1) is 6.56. The highest BCUT2D eigenvalue weighted by Crippen LogP contribution is 2.24. The van der Waals surface area contributed by atoms with E-state index in [0.29, 0.717) is 0 Å². The van der Waals surface area contributed by atoms with Gasteiger partial charge >= 0.3 is 0 Å². The summed E-state index contributed by atoms with van der Waals surface area (Å²) < 4.78 is 12.8. The molecule has 14 heavy (non-hydrogen) atoms. The van der Waals surface area contributed by atoms with E-state index in [0.717, 1.165) is 18.2 Å². The molecular formula is C9H9FN2O2. The summed E-state index contributed by atoms with van der Waals surface area (Å²) in [4.78, 5) is 9.95. The lowest BCUT2D eigenvalue weighted by molar-refractivity contribution is -0.385. The van der Waals surface area contributed by atoms with Gasteiger partial charge < -0.3 is 5.73 Å². The predicted molar refractivity (Wildman–Crippen MR) is 50.2 cm³/mol. The maximum absolute atomic E-state index is 12.8. The first-order valence-electron chi connectivity index (χ1n) is 3.88. The molecule has 0 spiro atoms. The van der Waals surface area contributed by atoms with Crippen LogP contribution in [0.5, 0.6) is 0 Å². The van der Waals surface area contributed by atoms with Crippen molar-refractivity contribution in [2.75, 3.05) is 0 Å². The minimum absolute atomic E-state index is 0.130. The molecule has 1 aromatic rings. The summed E-state index contributed by atoms with van der Waals surface area (Å²) >= 11 is 0. The zero-order valence-electron chi connectivity index (χ0n) is 7.31. The van der Waals surface area contributed by atoms with Gasteiger partial charge in [-0.3, -0.25) is 10.1 Å². The molecule has 1 atom stereocenters. The Bertz CT molecular complexity index is 379. The SMILES string of the molecule is C=C[C@@H](N)c1cc(F)ccc1[N+](=O)[O-].